The fourth-order valence-corrected chi connectivity index (χ4v) is 4.47. The maximum absolute atomic E-state index is 12.7. The van der Waals surface area contributed by atoms with Crippen LogP contribution in [0.5, 0.6) is 5.75 Å². The van der Waals surface area contributed by atoms with Crippen LogP contribution in [0.3, 0.4) is 0 Å². The Hall–Kier alpha value is -2.69. The number of amides is 3. The number of para-hydroxylation sites is 1. The molecule has 3 rings (SSSR count). The predicted molar refractivity (Wildman–Crippen MR) is 127 cm³/mol. The molecule has 0 aliphatic carbocycles. The number of hydrogen-bond acceptors (Lipinski definition) is 6. The van der Waals surface area contributed by atoms with Gasteiger partial charge < -0.3 is 4.74 Å². The van der Waals surface area contributed by atoms with Crippen molar-refractivity contribution in [3.05, 3.63) is 69.0 Å². The van der Waals surface area contributed by atoms with E-state index in [4.69, 9.17) is 17.0 Å². The third-order valence-electron chi connectivity index (χ3n) is 4.25. The molecule has 2 aromatic rings. The highest BCUT2D eigenvalue weighted by molar-refractivity contribution is 9.10. The normalized spacial score (nSPS) is 14.6. The number of carbonyl (C=O) groups is 3. The van der Waals surface area contributed by atoms with Gasteiger partial charge in [0.15, 0.2) is 0 Å². The fourth-order valence-electron chi connectivity index (χ4n) is 2.74. The van der Waals surface area contributed by atoms with E-state index >= 15 is 0 Å². The summed E-state index contributed by atoms with van der Waals surface area (Å²) in [5, 5.41) is 0. The molecule has 10 heteroatoms. The first-order valence-corrected chi connectivity index (χ1v) is 11.1. The molecule has 2 aromatic carbocycles. The second kappa shape index (κ2) is 10.6. The van der Waals surface area contributed by atoms with Gasteiger partial charge in [-0.3, -0.25) is 30.1 Å². The number of thiocarbonyl (C=S) groups is 1. The maximum Gasteiger partial charge on any atom is 0.273 e. The Morgan fingerprint density at radius 2 is 1.97 bits per heavy atom. The van der Waals surface area contributed by atoms with Crippen molar-refractivity contribution >= 4 is 68.0 Å². The SMILES string of the molecule is COc1ccccc1C(=O)NNC(=O)CCN1C(=O)/C(=C\c2cccc(Br)c2)SC1=S. The van der Waals surface area contributed by atoms with Gasteiger partial charge in [-0.2, -0.15) is 0 Å². The van der Waals surface area contributed by atoms with Gasteiger partial charge in [-0.25, -0.2) is 0 Å². The number of hydrazine groups is 1. The summed E-state index contributed by atoms with van der Waals surface area (Å²) in [5.74, 6) is -0.813. The van der Waals surface area contributed by atoms with Crippen molar-refractivity contribution in [2.24, 2.45) is 0 Å². The molecule has 0 spiro atoms. The highest BCUT2D eigenvalue weighted by Crippen LogP contribution is 2.32. The molecule has 1 saturated heterocycles. The van der Waals surface area contributed by atoms with E-state index in [9.17, 15) is 14.4 Å². The Kier molecular flexibility index (Phi) is 7.83. The maximum atomic E-state index is 12.7. The van der Waals surface area contributed by atoms with Gasteiger partial charge in [0.25, 0.3) is 11.8 Å². The van der Waals surface area contributed by atoms with Crippen LogP contribution in [0.4, 0.5) is 0 Å². The number of benzene rings is 2. The molecule has 0 radical (unpaired) electrons. The number of ether oxygens (including phenoxy) is 1. The third kappa shape index (κ3) is 5.93. The minimum atomic E-state index is -0.506. The summed E-state index contributed by atoms with van der Waals surface area (Å²) in [6, 6.07) is 14.2. The van der Waals surface area contributed by atoms with Crippen LogP contribution in [0.1, 0.15) is 22.3 Å². The van der Waals surface area contributed by atoms with Crippen molar-refractivity contribution in [3.63, 3.8) is 0 Å². The van der Waals surface area contributed by atoms with Crippen molar-refractivity contribution in [1.82, 2.24) is 15.8 Å². The van der Waals surface area contributed by atoms with Crippen LogP contribution < -0.4 is 15.6 Å². The summed E-state index contributed by atoms with van der Waals surface area (Å²) < 4.78 is 6.42. The number of hydrogen-bond donors (Lipinski definition) is 2. The largest absolute Gasteiger partial charge is 0.496 e. The number of halogens is 1. The zero-order chi connectivity index (χ0) is 22.4. The van der Waals surface area contributed by atoms with Crippen molar-refractivity contribution < 1.29 is 19.1 Å². The minimum absolute atomic E-state index is 0.0250. The standard InChI is InChI=1S/C21H18BrN3O4S2/c1-29-16-8-3-2-7-15(16)19(27)24-23-18(26)9-10-25-20(28)17(31-21(25)30)12-13-5-4-6-14(22)11-13/h2-8,11-12H,9-10H2,1H3,(H,23,26)(H,24,27)/b17-12+. The predicted octanol–water partition coefficient (Wildman–Crippen LogP) is 3.51. The lowest BCUT2D eigenvalue weighted by atomic mass is 10.2. The van der Waals surface area contributed by atoms with Crippen LogP contribution in [-0.4, -0.2) is 40.6 Å². The molecular weight excluding hydrogens is 502 g/mol. The average molecular weight is 520 g/mol. The average Bonchev–Trinajstić information content (AvgIpc) is 3.02. The molecular formula is C21H18BrN3O4S2. The molecule has 0 bridgehead atoms. The molecule has 160 valence electrons. The molecule has 1 aliphatic heterocycles. The summed E-state index contributed by atoms with van der Waals surface area (Å²) in [4.78, 5) is 38.9. The lowest BCUT2D eigenvalue weighted by Gasteiger charge is -2.14. The summed E-state index contributed by atoms with van der Waals surface area (Å²) in [5.41, 5.74) is 5.84. The molecule has 31 heavy (non-hydrogen) atoms. The van der Waals surface area contributed by atoms with Crippen LogP contribution in [-0.2, 0) is 9.59 Å². The van der Waals surface area contributed by atoms with Gasteiger partial charge in [0, 0.05) is 17.4 Å². The molecule has 0 aromatic heterocycles. The molecule has 1 fully saturated rings. The van der Waals surface area contributed by atoms with Crippen LogP contribution >= 0.6 is 39.9 Å². The van der Waals surface area contributed by atoms with E-state index in [-0.39, 0.29) is 18.9 Å². The van der Waals surface area contributed by atoms with E-state index in [0.29, 0.717) is 20.5 Å². The number of methoxy groups -OCH3 is 1. The van der Waals surface area contributed by atoms with Crippen LogP contribution in [0.15, 0.2) is 57.9 Å². The molecule has 7 nitrogen and oxygen atoms in total. The Balaban J connectivity index is 1.53. The molecule has 2 N–H and O–H groups in total. The Morgan fingerprint density at radius 3 is 2.71 bits per heavy atom. The molecule has 0 atom stereocenters. The van der Waals surface area contributed by atoms with Gasteiger partial charge in [-0.1, -0.05) is 64.2 Å². The van der Waals surface area contributed by atoms with Crippen LogP contribution in [0, 0.1) is 0 Å². The van der Waals surface area contributed by atoms with Crippen LogP contribution in [0.2, 0.25) is 0 Å². The zero-order valence-electron chi connectivity index (χ0n) is 16.4. The molecule has 1 heterocycles. The second-order valence-electron chi connectivity index (χ2n) is 6.34. The Labute approximate surface area is 197 Å². The summed E-state index contributed by atoms with van der Waals surface area (Å²) >= 11 is 9.88. The lowest BCUT2D eigenvalue weighted by Crippen LogP contribution is -2.43. The Bertz CT molecular complexity index is 1070. The first-order chi connectivity index (χ1) is 14.9. The molecule has 3 amide bonds. The van der Waals surface area contributed by atoms with E-state index in [1.54, 1.807) is 30.3 Å². The highest BCUT2D eigenvalue weighted by Gasteiger charge is 2.32. The number of carbonyl (C=O) groups excluding carboxylic acids is 3. The Morgan fingerprint density at radius 1 is 1.19 bits per heavy atom. The van der Waals surface area contributed by atoms with E-state index in [2.05, 4.69) is 26.8 Å². The molecule has 0 unspecified atom stereocenters. The van der Waals surface area contributed by atoms with Gasteiger partial charge in [0.2, 0.25) is 5.91 Å². The fraction of sp³-hybridized carbons (Fsp3) is 0.143. The third-order valence-corrected chi connectivity index (χ3v) is 6.12. The van der Waals surface area contributed by atoms with Crippen molar-refractivity contribution in [2.75, 3.05) is 13.7 Å². The highest BCUT2D eigenvalue weighted by atomic mass is 79.9. The van der Waals surface area contributed by atoms with E-state index in [1.807, 2.05) is 24.3 Å². The summed E-state index contributed by atoms with van der Waals surface area (Å²) in [6.07, 6.45) is 1.74. The molecule has 0 saturated carbocycles. The van der Waals surface area contributed by atoms with E-state index in [1.165, 1.54) is 23.8 Å². The first kappa shape index (κ1) is 23.0. The van der Waals surface area contributed by atoms with Gasteiger partial charge in [-0.15, -0.1) is 0 Å². The minimum Gasteiger partial charge on any atom is -0.496 e. The second-order valence-corrected chi connectivity index (χ2v) is 8.93. The van der Waals surface area contributed by atoms with Gasteiger partial charge in [0.05, 0.1) is 17.6 Å². The van der Waals surface area contributed by atoms with Gasteiger partial charge >= 0.3 is 0 Å². The van der Waals surface area contributed by atoms with Gasteiger partial charge in [-0.05, 0) is 35.9 Å². The van der Waals surface area contributed by atoms with E-state index in [0.717, 1.165) is 10.0 Å². The number of nitrogens with one attached hydrogen (secondary N) is 2. The topological polar surface area (TPSA) is 87.7 Å². The quantitative estimate of drug-likeness (QED) is 0.345. The first-order valence-electron chi connectivity index (χ1n) is 9.12. The van der Waals surface area contributed by atoms with E-state index < -0.39 is 11.8 Å². The van der Waals surface area contributed by atoms with Gasteiger partial charge in [0.1, 0.15) is 10.1 Å². The molecule has 1 aliphatic rings. The van der Waals surface area contributed by atoms with Crippen LogP contribution in [0.25, 0.3) is 6.08 Å². The monoisotopic (exact) mass is 519 g/mol. The lowest BCUT2D eigenvalue weighted by molar-refractivity contribution is -0.124. The summed E-state index contributed by atoms with van der Waals surface area (Å²) in [7, 11) is 1.46. The smallest absolute Gasteiger partial charge is 0.273 e. The summed E-state index contributed by atoms with van der Waals surface area (Å²) in [6.45, 7) is 0.108. The zero-order valence-corrected chi connectivity index (χ0v) is 19.6. The van der Waals surface area contributed by atoms with Crippen molar-refractivity contribution in [3.8, 4) is 5.75 Å². The number of thioether (sulfide) groups is 1. The number of nitrogens with zero attached hydrogens (tertiary/aromatic N) is 1. The number of rotatable bonds is 6. The van der Waals surface area contributed by atoms with Crippen molar-refractivity contribution in [2.45, 2.75) is 6.42 Å². The van der Waals surface area contributed by atoms with Crippen molar-refractivity contribution in [1.29, 1.82) is 0 Å².